The van der Waals surface area contributed by atoms with Crippen LogP contribution in [0.4, 0.5) is 0 Å². The molecule has 18 heavy (non-hydrogen) atoms. The van der Waals surface area contributed by atoms with E-state index in [4.69, 9.17) is 0 Å². The molecule has 1 aromatic rings. The molecule has 100 valence electrons. The lowest BCUT2D eigenvalue weighted by Gasteiger charge is -2.33. The molecule has 0 radical (unpaired) electrons. The van der Waals surface area contributed by atoms with E-state index in [9.17, 15) is 9.90 Å². The highest BCUT2D eigenvalue weighted by atomic mass is 16.4. The zero-order chi connectivity index (χ0) is 13.2. The average molecular weight is 252 g/mol. The van der Waals surface area contributed by atoms with E-state index in [-0.39, 0.29) is 6.04 Å². The Hall–Kier alpha value is -1.43. The zero-order valence-corrected chi connectivity index (χ0v) is 10.9. The maximum Gasteiger partial charge on any atom is 0.311 e. The van der Waals surface area contributed by atoms with Crippen molar-refractivity contribution in [3.05, 3.63) is 12.2 Å². The number of carboxylic acid groups (broad SMARTS) is 1. The summed E-state index contributed by atoms with van der Waals surface area (Å²) in [5.74, 6) is 0.0177. The molecule has 2 N–H and O–H groups in total. The zero-order valence-electron chi connectivity index (χ0n) is 10.9. The van der Waals surface area contributed by atoms with Crippen molar-refractivity contribution < 1.29 is 9.90 Å². The first-order valence-electron chi connectivity index (χ1n) is 6.38. The number of rotatable bonds is 4. The third kappa shape index (κ3) is 2.38. The van der Waals surface area contributed by atoms with Crippen LogP contribution in [0.25, 0.3) is 0 Å². The van der Waals surface area contributed by atoms with Gasteiger partial charge in [0.1, 0.15) is 12.2 Å². The molecule has 0 aromatic carbocycles. The molecule has 0 amide bonds. The summed E-state index contributed by atoms with van der Waals surface area (Å²) in [6, 6.07) is 0.199. The predicted molar refractivity (Wildman–Crippen MR) is 66.3 cm³/mol. The highest BCUT2D eigenvalue weighted by Gasteiger charge is 2.41. The molecule has 2 heterocycles. The number of aliphatic carboxylic acids is 1. The van der Waals surface area contributed by atoms with Crippen LogP contribution in [0, 0.1) is 5.41 Å². The molecule has 0 bridgehead atoms. The van der Waals surface area contributed by atoms with Crippen LogP contribution in [-0.2, 0) is 11.2 Å². The minimum atomic E-state index is -0.743. The monoisotopic (exact) mass is 252 g/mol. The van der Waals surface area contributed by atoms with Crippen LogP contribution in [0.2, 0.25) is 0 Å². The lowest BCUT2D eigenvalue weighted by Crippen LogP contribution is -2.47. The van der Waals surface area contributed by atoms with Gasteiger partial charge in [0.15, 0.2) is 0 Å². The van der Waals surface area contributed by atoms with Crippen LogP contribution in [-0.4, -0.2) is 38.9 Å². The fourth-order valence-electron chi connectivity index (χ4n) is 2.51. The molecule has 1 aliphatic rings. The highest BCUT2D eigenvalue weighted by molar-refractivity contribution is 5.75. The second-order valence-electron chi connectivity index (χ2n) is 5.26. The summed E-state index contributed by atoms with van der Waals surface area (Å²) in [6.07, 6.45) is 3.52. The van der Waals surface area contributed by atoms with Crippen LogP contribution < -0.4 is 5.32 Å². The standard InChI is InChI=1S/C12H20N4O2/c1-9(2)16-10(14-8-15-16)6-12(11(17)18)4-3-5-13-7-12/h8-9,13H,3-7H2,1-2H3,(H,17,18). The maximum atomic E-state index is 11.6. The molecule has 6 nitrogen and oxygen atoms in total. The number of carboxylic acids is 1. The van der Waals surface area contributed by atoms with Gasteiger partial charge in [-0.15, -0.1) is 0 Å². The summed E-state index contributed by atoms with van der Waals surface area (Å²) in [5.41, 5.74) is -0.738. The maximum absolute atomic E-state index is 11.6. The van der Waals surface area contributed by atoms with Gasteiger partial charge in [-0.2, -0.15) is 5.10 Å². The third-order valence-corrected chi connectivity index (χ3v) is 3.56. The van der Waals surface area contributed by atoms with Gasteiger partial charge in [0.25, 0.3) is 0 Å². The number of hydrogen-bond donors (Lipinski definition) is 2. The summed E-state index contributed by atoms with van der Waals surface area (Å²) in [5, 5.41) is 16.9. The normalized spacial score (nSPS) is 24.4. The van der Waals surface area contributed by atoms with Crippen molar-refractivity contribution in [1.29, 1.82) is 0 Å². The first-order valence-corrected chi connectivity index (χ1v) is 6.38. The topological polar surface area (TPSA) is 80.0 Å². The highest BCUT2D eigenvalue weighted by Crippen LogP contribution is 2.30. The minimum Gasteiger partial charge on any atom is -0.481 e. The molecule has 1 aliphatic heterocycles. The summed E-state index contributed by atoms with van der Waals surface area (Å²) in [4.78, 5) is 15.8. The second kappa shape index (κ2) is 5.06. The summed E-state index contributed by atoms with van der Waals surface area (Å²) in [6.45, 7) is 5.44. The van der Waals surface area contributed by atoms with E-state index >= 15 is 0 Å². The summed E-state index contributed by atoms with van der Waals surface area (Å²) >= 11 is 0. The van der Waals surface area contributed by atoms with E-state index in [0.29, 0.717) is 19.4 Å². The van der Waals surface area contributed by atoms with Crippen LogP contribution in [0.15, 0.2) is 6.33 Å². The Balaban J connectivity index is 2.23. The van der Waals surface area contributed by atoms with Crippen molar-refractivity contribution in [2.24, 2.45) is 5.41 Å². The van der Waals surface area contributed by atoms with E-state index in [1.54, 1.807) is 4.68 Å². The van der Waals surface area contributed by atoms with Crippen LogP contribution in [0.5, 0.6) is 0 Å². The number of hydrogen-bond acceptors (Lipinski definition) is 4. The molecule has 1 saturated heterocycles. The van der Waals surface area contributed by atoms with Crippen molar-refractivity contribution in [2.75, 3.05) is 13.1 Å². The number of carbonyl (C=O) groups is 1. The van der Waals surface area contributed by atoms with Crippen LogP contribution in [0.3, 0.4) is 0 Å². The molecule has 2 rings (SSSR count). The van der Waals surface area contributed by atoms with Crippen molar-refractivity contribution in [1.82, 2.24) is 20.1 Å². The van der Waals surface area contributed by atoms with Crippen molar-refractivity contribution >= 4 is 5.97 Å². The molecule has 1 atom stereocenters. The van der Waals surface area contributed by atoms with Gasteiger partial charge < -0.3 is 10.4 Å². The van der Waals surface area contributed by atoms with E-state index in [1.165, 1.54) is 6.33 Å². The number of nitrogens with zero attached hydrogens (tertiary/aromatic N) is 3. The van der Waals surface area contributed by atoms with E-state index in [1.807, 2.05) is 13.8 Å². The molecule has 0 aliphatic carbocycles. The molecule has 6 heteroatoms. The Labute approximate surface area is 106 Å². The first kappa shape index (κ1) is 13.0. The van der Waals surface area contributed by atoms with Crippen LogP contribution >= 0.6 is 0 Å². The Morgan fingerprint density at radius 1 is 1.67 bits per heavy atom. The van der Waals surface area contributed by atoms with Gasteiger partial charge in [0.2, 0.25) is 0 Å². The van der Waals surface area contributed by atoms with E-state index in [0.717, 1.165) is 18.8 Å². The Bertz CT molecular complexity index is 421. The predicted octanol–water partition coefficient (Wildman–Crippen LogP) is 0.856. The Morgan fingerprint density at radius 3 is 3.00 bits per heavy atom. The van der Waals surface area contributed by atoms with Gasteiger partial charge in [-0.05, 0) is 33.2 Å². The summed E-state index contributed by atoms with van der Waals surface area (Å²) < 4.78 is 1.80. The molecule has 1 unspecified atom stereocenters. The van der Waals surface area contributed by atoms with Crippen LogP contribution in [0.1, 0.15) is 38.6 Å². The molecule has 1 aromatic heterocycles. The minimum absolute atomic E-state index is 0.199. The largest absolute Gasteiger partial charge is 0.481 e. The first-order chi connectivity index (χ1) is 8.55. The van der Waals surface area contributed by atoms with Crippen molar-refractivity contribution in [2.45, 2.75) is 39.2 Å². The molecule has 1 fully saturated rings. The summed E-state index contributed by atoms with van der Waals surface area (Å²) in [7, 11) is 0. The average Bonchev–Trinajstić information content (AvgIpc) is 2.78. The molecule has 0 spiro atoms. The van der Waals surface area contributed by atoms with Gasteiger partial charge in [-0.3, -0.25) is 4.79 Å². The van der Waals surface area contributed by atoms with Gasteiger partial charge in [0.05, 0.1) is 5.41 Å². The molecular formula is C12H20N4O2. The molecule has 0 saturated carbocycles. The van der Waals surface area contributed by atoms with E-state index in [2.05, 4.69) is 15.4 Å². The molecular weight excluding hydrogens is 232 g/mol. The third-order valence-electron chi connectivity index (χ3n) is 3.56. The number of piperidine rings is 1. The quantitative estimate of drug-likeness (QED) is 0.830. The van der Waals surface area contributed by atoms with Crippen molar-refractivity contribution in [3.8, 4) is 0 Å². The lowest BCUT2D eigenvalue weighted by atomic mass is 9.77. The van der Waals surface area contributed by atoms with E-state index < -0.39 is 11.4 Å². The van der Waals surface area contributed by atoms with Gasteiger partial charge in [-0.25, -0.2) is 9.67 Å². The lowest BCUT2D eigenvalue weighted by molar-refractivity contribution is -0.150. The number of nitrogens with one attached hydrogen (secondary N) is 1. The Kier molecular flexibility index (Phi) is 3.65. The SMILES string of the molecule is CC(C)n1ncnc1CC1(C(=O)O)CCCNC1. The van der Waals surface area contributed by atoms with Gasteiger partial charge in [0, 0.05) is 19.0 Å². The van der Waals surface area contributed by atoms with Crippen molar-refractivity contribution in [3.63, 3.8) is 0 Å². The Morgan fingerprint density at radius 2 is 2.44 bits per heavy atom. The van der Waals surface area contributed by atoms with Gasteiger partial charge >= 0.3 is 5.97 Å². The number of aromatic nitrogens is 3. The smallest absolute Gasteiger partial charge is 0.311 e. The fraction of sp³-hybridized carbons (Fsp3) is 0.750. The van der Waals surface area contributed by atoms with Gasteiger partial charge in [-0.1, -0.05) is 0 Å². The second-order valence-corrected chi connectivity index (χ2v) is 5.26. The fourth-order valence-corrected chi connectivity index (χ4v) is 2.51.